The lowest BCUT2D eigenvalue weighted by atomic mass is 9.91. The number of hydrogen-bond donors (Lipinski definition) is 2. The van der Waals surface area contributed by atoms with Crippen molar-refractivity contribution in [2.75, 3.05) is 18.0 Å². The Balaban J connectivity index is 1.53. The predicted octanol–water partition coefficient (Wildman–Crippen LogP) is 3.33. The predicted molar refractivity (Wildman–Crippen MR) is 105 cm³/mol. The number of rotatable bonds is 5. The summed E-state index contributed by atoms with van der Waals surface area (Å²) in [5.41, 5.74) is 1.10. The molecule has 3 heterocycles. The van der Waals surface area contributed by atoms with Gasteiger partial charge in [-0.3, -0.25) is 10.1 Å². The first-order valence-electron chi connectivity index (χ1n) is 9.26. The summed E-state index contributed by atoms with van der Waals surface area (Å²) in [6, 6.07) is 12.4. The molecule has 0 bridgehead atoms. The molecule has 3 aromatic rings. The number of aliphatic hydroxyl groups excluding tert-OH is 1. The highest BCUT2D eigenvalue weighted by Crippen LogP contribution is 2.34. The molecular formula is C20H21N5O3. The van der Waals surface area contributed by atoms with Gasteiger partial charge in [-0.25, -0.2) is 9.97 Å². The van der Waals surface area contributed by atoms with Crippen LogP contribution >= 0.6 is 0 Å². The maximum atomic E-state index is 11.4. The third-order valence-electron chi connectivity index (χ3n) is 5.21. The van der Waals surface area contributed by atoms with Gasteiger partial charge in [0.1, 0.15) is 17.7 Å². The van der Waals surface area contributed by atoms with Crippen LogP contribution in [0.3, 0.4) is 0 Å². The molecule has 28 heavy (non-hydrogen) atoms. The van der Waals surface area contributed by atoms with E-state index in [-0.39, 0.29) is 11.6 Å². The van der Waals surface area contributed by atoms with E-state index in [1.54, 1.807) is 18.5 Å². The Morgan fingerprint density at radius 2 is 1.93 bits per heavy atom. The SMILES string of the molecule is O=[N+]([O-])c1ccc(N2CCC(C(O)c3ncc[nH]3)CC2)nc1-c1ccccc1. The summed E-state index contributed by atoms with van der Waals surface area (Å²) in [6.07, 6.45) is 4.32. The zero-order valence-corrected chi connectivity index (χ0v) is 15.2. The number of aromatic nitrogens is 3. The van der Waals surface area contributed by atoms with Gasteiger partial charge in [-0.1, -0.05) is 30.3 Å². The Labute approximate surface area is 162 Å². The molecule has 0 radical (unpaired) electrons. The molecule has 0 aliphatic carbocycles. The van der Waals surface area contributed by atoms with Gasteiger partial charge >= 0.3 is 0 Å². The monoisotopic (exact) mass is 379 g/mol. The molecule has 0 amide bonds. The second-order valence-corrected chi connectivity index (χ2v) is 6.90. The first-order valence-corrected chi connectivity index (χ1v) is 9.26. The molecule has 1 saturated heterocycles. The van der Waals surface area contributed by atoms with Crippen LogP contribution in [0, 0.1) is 16.0 Å². The zero-order valence-electron chi connectivity index (χ0n) is 15.2. The van der Waals surface area contributed by atoms with Gasteiger partial charge in [0.15, 0.2) is 5.69 Å². The van der Waals surface area contributed by atoms with Crippen LogP contribution in [-0.2, 0) is 0 Å². The van der Waals surface area contributed by atoms with Crippen LogP contribution in [0.25, 0.3) is 11.3 Å². The van der Waals surface area contributed by atoms with E-state index in [2.05, 4.69) is 19.9 Å². The van der Waals surface area contributed by atoms with Crippen molar-refractivity contribution in [3.63, 3.8) is 0 Å². The third-order valence-corrected chi connectivity index (χ3v) is 5.21. The van der Waals surface area contributed by atoms with E-state index in [4.69, 9.17) is 0 Å². The number of nitro groups is 1. The van der Waals surface area contributed by atoms with Crippen LogP contribution in [0.5, 0.6) is 0 Å². The normalized spacial score (nSPS) is 16.1. The number of hydrogen-bond acceptors (Lipinski definition) is 6. The molecule has 4 rings (SSSR count). The molecule has 1 aliphatic rings. The van der Waals surface area contributed by atoms with E-state index in [9.17, 15) is 15.2 Å². The Kier molecular flexibility index (Phi) is 5.03. The Bertz CT molecular complexity index is 938. The Hall–Kier alpha value is -3.26. The van der Waals surface area contributed by atoms with Gasteiger partial charge in [0.2, 0.25) is 0 Å². The second kappa shape index (κ2) is 7.77. The molecule has 0 saturated carbocycles. The summed E-state index contributed by atoms with van der Waals surface area (Å²) in [5.74, 6) is 1.43. The lowest BCUT2D eigenvalue weighted by molar-refractivity contribution is -0.384. The molecule has 8 nitrogen and oxygen atoms in total. The maximum Gasteiger partial charge on any atom is 0.295 e. The highest BCUT2D eigenvalue weighted by Gasteiger charge is 2.29. The topological polar surface area (TPSA) is 108 Å². The molecule has 1 aliphatic heterocycles. The van der Waals surface area contributed by atoms with E-state index in [1.165, 1.54) is 6.07 Å². The number of piperidine rings is 1. The van der Waals surface area contributed by atoms with Crippen LogP contribution in [0.4, 0.5) is 11.5 Å². The summed E-state index contributed by atoms with van der Waals surface area (Å²) >= 11 is 0. The van der Waals surface area contributed by atoms with Crippen molar-refractivity contribution in [1.82, 2.24) is 15.0 Å². The zero-order chi connectivity index (χ0) is 19.5. The van der Waals surface area contributed by atoms with Crippen LogP contribution in [0.1, 0.15) is 24.8 Å². The van der Waals surface area contributed by atoms with Gasteiger partial charge in [0, 0.05) is 37.1 Å². The van der Waals surface area contributed by atoms with Crippen molar-refractivity contribution >= 4 is 11.5 Å². The van der Waals surface area contributed by atoms with Crippen LogP contribution in [0.2, 0.25) is 0 Å². The second-order valence-electron chi connectivity index (χ2n) is 6.90. The first-order chi connectivity index (χ1) is 13.6. The summed E-state index contributed by atoms with van der Waals surface area (Å²) < 4.78 is 0. The fourth-order valence-electron chi connectivity index (χ4n) is 3.68. The number of nitrogens with one attached hydrogen (secondary N) is 1. The number of anilines is 1. The van der Waals surface area contributed by atoms with Gasteiger partial charge in [0.05, 0.1) is 4.92 Å². The average Bonchev–Trinajstić information content (AvgIpc) is 3.28. The molecule has 1 unspecified atom stereocenters. The molecular weight excluding hydrogens is 358 g/mol. The van der Waals surface area contributed by atoms with Gasteiger partial charge < -0.3 is 15.0 Å². The van der Waals surface area contributed by atoms with E-state index in [0.29, 0.717) is 11.5 Å². The number of nitrogens with zero attached hydrogens (tertiary/aromatic N) is 4. The lowest BCUT2D eigenvalue weighted by Crippen LogP contribution is -2.36. The third kappa shape index (κ3) is 3.59. The average molecular weight is 379 g/mol. The standard InChI is InChI=1S/C20H21N5O3/c26-19(20-21-10-11-22-20)15-8-12-24(13-9-15)17-7-6-16(25(27)28)18(23-17)14-4-2-1-3-5-14/h1-7,10-11,15,19,26H,8-9,12-13H2,(H,21,22). The minimum atomic E-state index is -0.609. The van der Waals surface area contributed by atoms with Gasteiger partial charge in [-0.05, 0) is 24.8 Å². The van der Waals surface area contributed by atoms with Crippen molar-refractivity contribution in [3.8, 4) is 11.3 Å². The maximum absolute atomic E-state index is 11.4. The Morgan fingerprint density at radius 3 is 2.57 bits per heavy atom. The fraction of sp³-hybridized carbons (Fsp3) is 0.300. The molecule has 2 N–H and O–H groups in total. The summed E-state index contributed by atoms with van der Waals surface area (Å²) in [6.45, 7) is 1.45. The summed E-state index contributed by atoms with van der Waals surface area (Å²) in [7, 11) is 0. The minimum Gasteiger partial charge on any atom is -0.385 e. The number of pyridine rings is 1. The smallest absolute Gasteiger partial charge is 0.295 e. The van der Waals surface area contributed by atoms with Crippen LogP contribution in [0.15, 0.2) is 54.9 Å². The van der Waals surface area contributed by atoms with E-state index < -0.39 is 11.0 Å². The number of benzene rings is 1. The van der Waals surface area contributed by atoms with Crippen LogP contribution < -0.4 is 4.90 Å². The summed E-state index contributed by atoms with van der Waals surface area (Å²) in [4.78, 5) is 24.9. The number of aromatic amines is 1. The number of imidazole rings is 1. The van der Waals surface area contributed by atoms with E-state index >= 15 is 0 Å². The quantitative estimate of drug-likeness (QED) is 0.520. The van der Waals surface area contributed by atoms with Crippen molar-refractivity contribution < 1.29 is 10.0 Å². The molecule has 8 heteroatoms. The molecule has 2 aromatic heterocycles. The highest BCUT2D eigenvalue weighted by atomic mass is 16.6. The number of aliphatic hydroxyl groups is 1. The number of H-pyrrole nitrogens is 1. The summed E-state index contributed by atoms with van der Waals surface area (Å²) in [5, 5.41) is 21.9. The van der Waals surface area contributed by atoms with Crippen LogP contribution in [-0.4, -0.2) is 38.1 Å². The van der Waals surface area contributed by atoms with E-state index in [0.717, 1.165) is 37.3 Å². The molecule has 1 fully saturated rings. The molecule has 0 spiro atoms. The largest absolute Gasteiger partial charge is 0.385 e. The highest BCUT2D eigenvalue weighted by molar-refractivity contribution is 5.71. The Morgan fingerprint density at radius 1 is 1.18 bits per heavy atom. The van der Waals surface area contributed by atoms with Crippen molar-refractivity contribution in [2.45, 2.75) is 18.9 Å². The van der Waals surface area contributed by atoms with Gasteiger partial charge in [0.25, 0.3) is 5.69 Å². The van der Waals surface area contributed by atoms with Crippen molar-refractivity contribution in [2.24, 2.45) is 5.92 Å². The molecule has 1 atom stereocenters. The van der Waals surface area contributed by atoms with Crippen molar-refractivity contribution in [3.05, 3.63) is 70.8 Å². The minimum absolute atomic E-state index is 0.00178. The molecule has 1 aromatic carbocycles. The van der Waals surface area contributed by atoms with E-state index in [1.807, 2.05) is 30.3 Å². The lowest BCUT2D eigenvalue weighted by Gasteiger charge is -2.34. The fourth-order valence-corrected chi connectivity index (χ4v) is 3.68. The van der Waals surface area contributed by atoms with Gasteiger partial charge in [-0.15, -0.1) is 0 Å². The van der Waals surface area contributed by atoms with Crippen molar-refractivity contribution in [1.29, 1.82) is 0 Å². The molecule has 144 valence electrons. The first kappa shape index (κ1) is 18.1. The van der Waals surface area contributed by atoms with Gasteiger partial charge in [-0.2, -0.15) is 0 Å².